The maximum atomic E-state index is 12.7. The molecule has 0 saturated heterocycles. The highest BCUT2D eigenvalue weighted by Crippen LogP contribution is 2.19. The Balaban J connectivity index is 1.69. The topological polar surface area (TPSA) is 75.5 Å². The first-order valence-electron chi connectivity index (χ1n) is 10.3. The van der Waals surface area contributed by atoms with Crippen LogP contribution in [-0.4, -0.2) is 34.3 Å². The van der Waals surface area contributed by atoms with Crippen LogP contribution >= 0.6 is 0 Å². The number of imidazole rings is 1. The minimum atomic E-state index is -0.251. The van der Waals surface area contributed by atoms with Crippen molar-refractivity contribution in [1.29, 1.82) is 0 Å². The number of fused-ring (bicyclic) bond motifs is 1. The number of carbonyl (C=O) groups is 2. The summed E-state index contributed by atoms with van der Waals surface area (Å²) in [5.74, 6) is 0.275. The Morgan fingerprint density at radius 2 is 1.96 bits per heavy atom. The summed E-state index contributed by atoms with van der Waals surface area (Å²) in [6.45, 7) is 5.41. The second-order valence-electron chi connectivity index (χ2n) is 7.79. The normalized spacial score (nSPS) is 14.2. The minimum absolute atomic E-state index is 0.240. The fraction of sp³-hybridized carbons (Fsp3) is 0.500. The number of hydrogen-bond acceptors (Lipinski definition) is 3. The zero-order valence-corrected chi connectivity index (χ0v) is 16.8. The van der Waals surface area contributed by atoms with E-state index in [1.807, 2.05) is 18.2 Å². The number of carbonyl (C=O) groups excluding carboxylic acids is 2. The molecule has 6 heteroatoms. The second-order valence-corrected chi connectivity index (χ2v) is 7.79. The number of amides is 2. The molecule has 0 atom stereocenters. The summed E-state index contributed by atoms with van der Waals surface area (Å²) in [7, 11) is 0. The maximum Gasteiger partial charge on any atom is 0.287 e. The summed E-state index contributed by atoms with van der Waals surface area (Å²) in [4.78, 5) is 29.6. The number of allylic oxidation sites excluding steroid dienone is 1. The zero-order valence-electron chi connectivity index (χ0n) is 16.8. The molecule has 1 aliphatic rings. The molecular formula is C22H30N4O2. The van der Waals surface area contributed by atoms with Crippen LogP contribution in [0.4, 0.5) is 0 Å². The molecule has 2 aromatic heterocycles. The molecule has 0 fully saturated rings. The molecule has 0 spiro atoms. The van der Waals surface area contributed by atoms with E-state index in [9.17, 15) is 9.59 Å². The van der Waals surface area contributed by atoms with Crippen molar-refractivity contribution in [2.45, 2.75) is 52.4 Å². The molecule has 28 heavy (non-hydrogen) atoms. The van der Waals surface area contributed by atoms with Crippen LogP contribution < -0.4 is 10.6 Å². The lowest BCUT2D eigenvalue weighted by Gasteiger charge is -2.12. The van der Waals surface area contributed by atoms with Crippen molar-refractivity contribution in [3.05, 3.63) is 47.6 Å². The Labute approximate surface area is 166 Å². The molecule has 2 heterocycles. The van der Waals surface area contributed by atoms with Crippen LogP contribution in [0.25, 0.3) is 5.52 Å². The van der Waals surface area contributed by atoms with Crippen LogP contribution in [-0.2, 0) is 0 Å². The first-order chi connectivity index (χ1) is 13.6. The fourth-order valence-corrected chi connectivity index (χ4v) is 3.47. The van der Waals surface area contributed by atoms with Gasteiger partial charge in [-0.15, -0.1) is 0 Å². The summed E-state index contributed by atoms with van der Waals surface area (Å²) < 4.78 is 1.69. The largest absolute Gasteiger partial charge is 0.351 e. The Morgan fingerprint density at radius 1 is 1.14 bits per heavy atom. The van der Waals surface area contributed by atoms with E-state index in [1.165, 1.54) is 18.4 Å². The molecule has 150 valence electrons. The predicted molar refractivity (Wildman–Crippen MR) is 110 cm³/mol. The molecule has 0 saturated carbocycles. The number of hydrogen-bond donors (Lipinski definition) is 2. The Bertz CT molecular complexity index is 867. The molecule has 6 nitrogen and oxygen atoms in total. The standard InChI is InChI=1S/C22H30N4O2/c1-16(2)11-13-23-21(27)19-18-10-6-7-15-26(18)20(25-19)22(28)24-14-12-17-8-4-3-5-9-17/h6-8,10,15-16H,3-5,9,11-14H2,1-2H3,(H,23,27)(H,24,28). The molecule has 0 aliphatic heterocycles. The van der Waals surface area contributed by atoms with Gasteiger partial charge in [-0.2, -0.15) is 0 Å². The first kappa shape index (κ1) is 20.1. The van der Waals surface area contributed by atoms with E-state index in [4.69, 9.17) is 0 Å². The van der Waals surface area contributed by atoms with Crippen LogP contribution in [0.5, 0.6) is 0 Å². The third-order valence-corrected chi connectivity index (χ3v) is 5.09. The van der Waals surface area contributed by atoms with Crippen molar-refractivity contribution in [3.8, 4) is 0 Å². The van der Waals surface area contributed by atoms with Gasteiger partial charge in [0.15, 0.2) is 5.69 Å². The highest BCUT2D eigenvalue weighted by Gasteiger charge is 2.21. The van der Waals surface area contributed by atoms with Gasteiger partial charge in [0.25, 0.3) is 11.8 Å². The molecule has 2 N–H and O–H groups in total. The Hall–Kier alpha value is -2.63. The van der Waals surface area contributed by atoms with Crippen LogP contribution in [0.2, 0.25) is 0 Å². The summed E-state index contributed by atoms with van der Waals surface area (Å²) in [5.41, 5.74) is 2.36. The highest BCUT2D eigenvalue weighted by atomic mass is 16.2. The average Bonchev–Trinajstić information content (AvgIpc) is 3.08. The van der Waals surface area contributed by atoms with Gasteiger partial charge in [-0.05, 0) is 56.6 Å². The fourth-order valence-electron chi connectivity index (χ4n) is 3.47. The van der Waals surface area contributed by atoms with Crippen LogP contribution in [0.3, 0.4) is 0 Å². The van der Waals surface area contributed by atoms with Gasteiger partial charge < -0.3 is 10.6 Å². The second kappa shape index (κ2) is 9.53. The molecule has 1 aliphatic carbocycles. The first-order valence-corrected chi connectivity index (χ1v) is 10.3. The van der Waals surface area contributed by atoms with Crippen LogP contribution in [0, 0.1) is 5.92 Å². The smallest absolute Gasteiger partial charge is 0.287 e. The number of pyridine rings is 1. The maximum absolute atomic E-state index is 12.7. The van der Waals surface area contributed by atoms with E-state index in [2.05, 4.69) is 35.5 Å². The average molecular weight is 383 g/mol. The SMILES string of the molecule is CC(C)CCNC(=O)c1nc(C(=O)NCCC2=CCCCC2)n2ccccc12. The molecule has 2 amide bonds. The molecule has 3 rings (SSSR count). The van der Waals surface area contributed by atoms with E-state index >= 15 is 0 Å². The lowest BCUT2D eigenvalue weighted by Crippen LogP contribution is -2.27. The van der Waals surface area contributed by atoms with Gasteiger partial charge >= 0.3 is 0 Å². The van der Waals surface area contributed by atoms with Crippen molar-refractivity contribution in [3.63, 3.8) is 0 Å². The van der Waals surface area contributed by atoms with Crippen molar-refractivity contribution in [2.75, 3.05) is 13.1 Å². The number of nitrogens with one attached hydrogen (secondary N) is 2. The highest BCUT2D eigenvalue weighted by molar-refractivity contribution is 6.02. The molecule has 2 aromatic rings. The zero-order chi connectivity index (χ0) is 19.9. The predicted octanol–water partition coefficient (Wildman–Crippen LogP) is 3.73. The summed E-state index contributed by atoms with van der Waals surface area (Å²) >= 11 is 0. The number of aromatic nitrogens is 2. The van der Waals surface area contributed by atoms with E-state index in [0.29, 0.717) is 30.2 Å². The van der Waals surface area contributed by atoms with Gasteiger partial charge in [-0.3, -0.25) is 14.0 Å². The van der Waals surface area contributed by atoms with Gasteiger partial charge in [-0.25, -0.2) is 4.98 Å². The van der Waals surface area contributed by atoms with Crippen molar-refractivity contribution in [2.24, 2.45) is 5.92 Å². The third-order valence-electron chi connectivity index (χ3n) is 5.09. The van der Waals surface area contributed by atoms with Gasteiger partial charge in [0.05, 0.1) is 5.52 Å². The van der Waals surface area contributed by atoms with Gasteiger partial charge in [-0.1, -0.05) is 31.6 Å². The van der Waals surface area contributed by atoms with E-state index in [0.717, 1.165) is 25.7 Å². The molecule has 0 bridgehead atoms. The molecule has 0 aromatic carbocycles. The third kappa shape index (κ3) is 5.00. The Kier molecular flexibility index (Phi) is 6.85. The molecule has 0 unspecified atom stereocenters. The molecular weight excluding hydrogens is 352 g/mol. The number of rotatable bonds is 8. The van der Waals surface area contributed by atoms with Crippen LogP contribution in [0.15, 0.2) is 36.0 Å². The van der Waals surface area contributed by atoms with Gasteiger partial charge in [0.2, 0.25) is 5.82 Å². The van der Waals surface area contributed by atoms with E-state index in [-0.39, 0.29) is 17.6 Å². The van der Waals surface area contributed by atoms with Crippen molar-refractivity contribution >= 4 is 17.3 Å². The minimum Gasteiger partial charge on any atom is -0.351 e. The van der Waals surface area contributed by atoms with E-state index < -0.39 is 0 Å². The van der Waals surface area contributed by atoms with E-state index in [1.54, 1.807) is 10.6 Å². The van der Waals surface area contributed by atoms with Gasteiger partial charge in [0.1, 0.15) is 0 Å². The summed E-state index contributed by atoms with van der Waals surface area (Å²) in [5, 5.41) is 5.86. The lowest BCUT2D eigenvalue weighted by atomic mass is 9.97. The quantitative estimate of drug-likeness (QED) is 0.683. The number of nitrogens with zero attached hydrogens (tertiary/aromatic N) is 2. The Morgan fingerprint density at radius 3 is 2.71 bits per heavy atom. The van der Waals surface area contributed by atoms with Crippen molar-refractivity contribution in [1.82, 2.24) is 20.0 Å². The van der Waals surface area contributed by atoms with Crippen molar-refractivity contribution < 1.29 is 9.59 Å². The summed E-state index contributed by atoms with van der Waals surface area (Å²) in [6, 6.07) is 5.49. The summed E-state index contributed by atoms with van der Waals surface area (Å²) in [6.07, 6.45) is 10.6. The molecule has 0 radical (unpaired) electrons. The lowest BCUT2D eigenvalue weighted by molar-refractivity contribution is 0.0943. The van der Waals surface area contributed by atoms with Gasteiger partial charge in [0, 0.05) is 19.3 Å². The van der Waals surface area contributed by atoms with Crippen LogP contribution in [0.1, 0.15) is 73.5 Å². The monoisotopic (exact) mass is 382 g/mol.